The van der Waals surface area contributed by atoms with Crippen molar-refractivity contribution in [1.29, 1.82) is 0 Å². The average molecular weight is 319 g/mol. The van der Waals surface area contributed by atoms with Crippen molar-refractivity contribution >= 4 is 0 Å². The van der Waals surface area contributed by atoms with E-state index < -0.39 is 0 Å². The van der Waals surface area contributed by atoms with Gasteiger partial charge < -0.3 is 4.74 Å². The normalized spacial score (nSPS) is 16.5. The van der Waals surface area contributed by atoms with Gasteiger partial charge in [0.05, 0.1) is 19.3 Å². The van der Waals surface area contributed by atoms with Crippen LogP contribution < -0.4 is 0 Å². The fourth-order valence-corrected chi connectivity index (χ4v) is 2.96. The van der Waals surface area contributed by atoms with Crippen molar-refractivity contribution in [1.82, 2.24) is 4.90 Å². The zero-order valence-corrected chi connectivity index (χ0v) is 14.5. The smallest absolute Gasteiger partial charge is 0.0976 e. The summed E-state index contributed by atoms with van der Waals surface area (Å²) < 4.78 is 5.51. The summed E-state index contributed by atoms with van der Waals surface area (Å²) in [6.07, 6.45) is 0. The van der Waals surface area contributed by atoms with E-state index in [1.54, 1.807) is 0 Å². The Morgan fingerprint density at radius 3 is 2.12 bits per heavy atom. The van der Waals surface area contributed by atoms with Crippen LogP contribution in [-0.4, -0.2) is 31.2 Å². The predicted octanol–water partition coefficient (Wildman–Crippen LogP) is 4.24. The molecule has 0 amide bonds. The number of hydrogen-bond acceptors (Lipinski definition) is 2. The van der Waals surface area contributed by atoms with Gasteiger partial charge in [-0.05, 0) is 29.2 Å². The first-order valence-electron chi connectivity index (χ1n) is 8.72. The minimum Gasteiger partial charge on any atom is -0.379 e. The van der Waals surface area contributed by atoms with Gasteiger partial charge in [-0.2, -0.15) is 0 Å². The third kappa shape index (κ3) is 4.26. The summed E-state index contributed by atoms with van der Waals surface area (Å²) >= 11 is 0. The maximum Gasteiger partial charge on any atom is 0.0976 e. The molecule has 1 heterocycles. The summed E-state index contributed by atoms with van der Waals surface area (Å²) in [7, 11) is 0. The first kappa shape index (κ1) is 16.8. The van der Waals surface area contributed by atoms with Crippen LogP contribution in [0.15, 0.2) is 54.6 Å². The van der Waals surface area contributed by atoms with Gasteiger partial charge in [-0.3, -0.25) is 4.90 Å². The van der Waals surface area contributed by atoms with E-state index in [0.717, 1.165) is 31.9 Å². The molecule has 1 aliphatic rings. The molecule has 1 aliphatic heterocycles. The standard InChI is InChI=1S/C22H25NO/c1-18(2)20-9-11-21(12-10-20)22(23-14-16-24-17-15-23)13-8-19-6-4-3-5-7-19/h3-7,9-12,18,22H,14-17H2,1-2H3. The van der Waals surface area contributed by atoms with E-state index in [1.807, 2.05) is 18.2 Å². The zero-order chi connectivity index (χ0) is 16.8. The Morgan fingerprint density at radius 2 is 1.50 bits per heavy atom. The molecule has 1 atom stereocenters. The highest BCUT2D eigenvalue weighted by molar-refractivity contribution is 5.38. The van der Waals surface area contributed by atoms with Crippen LogP contribution in [-0.2, 0) is 4.74 Å². The van der Waals surface area contributed by atoms with E-state index in [9.17, 15) is 0 Å². The Balaban J connectivity index is 1.88. The lowest BCUT2D eigenvalue weighted by molar-refractivity contribution is 0.0270. The molecule has 24 heavy (non-hydrogen) atoms. The lowest BCUT2D eigenvalue weighted by Crippen LogP contribution is -2.38. The summed E-state index contributed by atoms with van der Waals surface area (Å²) in [6.45, 7) is 7.88. The number of nitrogens with zero attached hydrogens (tertiary/aromatic N) is 1. The van der Waals surface area contributed by atoms with Gasteiger partial charge in [0.2, 0.25) is 0 Å². The van der Waals surface area contributed by atoms with Crippen LogP contribution >= 0.6 is 0 Å². The van der Waals surface area contributed by atoms with Crippen molar-refractivity contribution in [3.05, 3.63) is 71.3 Å². The molecule has 124 valence electrons. The van der Waals surface area contributed by atoms with Gasteiger partial charge in [-0.15, -0.1) is 0 Å². The second kappa shape index (κ2) is 8.15. The molecule has 2 aromatic carbocycles. The number of hydrogen-bond donors (Lipinski definition) is 0. The molecule has 0 N–H and O–H groups in total. The average Bonchev–Trinajstić information content (AvgIpc) is 2.64. The molecule has 0 aliphatic carbocycles. The third-order valence-electron chi connectivity index (χ3n) is 4.46. The molecule has 0 radical (unpaired) electrons. The van der Waals surface area contributed by atoms with Crippen molar-refractivity contribution < 1.29 is 4.74 Å². The highest BCUT2D eigenvalue weighted by Gasteiger charge is 2.21. The Labute approximate surface area is 145 Å². The number of benzene rings is 2. The predicted molar refractivity (Wildman–Crippen MR) is 99.0 cm³/mol. The van der Waals surface area contributed by atoms with E-state index in [0.29, 0.717) is 5.92 Å². The van der Waals surface area contributed by atoms with Gasteiger partial charge >= 0.3 is 0 Å². The molecule has 0 aromatic heterocycles. The Morgan fingerprint density at radius 1 is 0.875 bits per heavy atom. The molecule has 1 unspecified atom stereocenters. The molecule has 2 heteroatoms. The minimum absolute atomic E-state index is 0.121. The Kier molecular flexibility index (Phi) is 5.69. The summed E-state index contributed by atoms with van der Waals surface area (Å²) in [6, 6.07) is 19.3. The molecule has 0 bridgehead atoms. The topological polar surface area (TPSA) is 12.5 Å². The van der Waals surface area contributed by atoms with Gasteiger partial charge in [0, 0.05) is 18.7 Å². The maximum absolute atomic E-state index is 5.51. The zero-order valence-electron chi connectivity index (χ0n) is 14.5. The number of rotatable bonds is 3. The summed E-state index contributed by atoms with van der Waals surface area (Å²) in [5, 5.41) is 0. The van der Waals surface area contributed by atoms with Crippen molar-refractivity contribution in [2.24, 2.45) is 0 Å². The van der Waals surface area contributed by atoms with E-state index in [4.69, 9.17) is 4.74 Å². The first-order valence-corrected chi connectivity index (χ1v) is 8.72. The summed E-state index contributed by atoms with van der Waals surface area (Å²) in [4.78, 5) is 2.42. The van der Waals surface area contributed by atoms with Crippen LogP contribution in [0.25, 0.3) is 0 Å². The summed E-state index contributed by atoms with van der Waals surface area (Å²) in [5.74, 6) is 7.39. The molecule has 2 aromatic rings. The lowest BCUT2D eigenvalue weighted by Gasteiger charge is -2.32. The molecule has 3 rings (SSSR count). The second-order valence-electron chi connectivity index (χ2n) is 6.51. The van der Waals surface area contributed by atoms with Gasteiger partial charge in [-0.25, -0.2) is 0 Å². The van der Waals surface area contributed by atoms with Crippen LogP contribution in [0.4, 0.5) is 0 Å². The molecular formula is C22H25NO. The lowest BCUT2D eigenvalue weighted by atomic mass is 9.98. The van der Waals surface area contributed by atoms with E-state index in [1.165, 1.54) is 11.1 Å². The van der Waals surface area contributed by atoms with E-state index in [2.05, 4.69) is 67.0 Å². The SMILES string of the molecule is CC(C)c1ccc(C(C#Cc2ccccc2)N2CCOCC2)cc1. The van der Waals surface area contributed by atoms with E-state index >= 15 is 0 Å². The molecule has 1 saturated heterocycles. The monoisotopic (exact) mass is 319 g/mol. The third-order valence-corrected chi connectivity index (χ3v) is 4.46. The Hall–Kier alpha value is -2.08. The number of ether oxygens (including phenoxy) is 1. The van der Waals surface area contributed by atoms with Gasteiger partial charge in [0.1, 0.15) is 0 Å². The van der Waals surface area contributed by atoms with E-state index in [-0.39, 0.29) is 6.04 Å². The quantitative estimate of drug-likeness (QED) is 0.785. The first-order chi connectivity index (χ1) is 11.7. The minimum atomic E-state index is 0.121. The fourth-order valence-electron chi connectivity index (χ4n) is 2.96. The van der Waals surface area contributed by atoms with Crippen LogP contribution in [0.3, 0.4) is 0 Å². The largest absolute Gasteiger partial charge is 0.379 e. The van der Waals surface area contributed by atoms with Gasteiger partial charge in [-0.1, -0.05) is 68.2 Å². The van der Waals surface area contributed by atoms with Crippen molar-refractivity contribution in [2.45, 2.75) is 25.8 Å². The van der Waals surface area contributed by atoms with Crippen LogP contribution in [0.1, 0.15) is 42.5 Å². The van der Waals surface area contributed by atoms with Gasteiger partial charge in [0.15, 0.2) is 0 Å². The van der Waals surface area contributed by atoms with Gasteiger partial charge in [0.25, 0.3) is 0 Å². The second-order valence-corrected chi connectivity index (χ2v) is 6.51. The van der Waals surface area contributed by atoms with Crippen molar-refractivity contribution in [2.75, 3.05) is 26.3 Å². The highest BCUT2D eigenvalue weighted by atomic mass is 16.5. The maximum atomic E-state index is 5.51. The van der Waals surface area contributed by atoms with Crippen LogP contribution in [0, 0.1) is 11.8 Å². The molecule has 0 spiro atoms. The molecular weight excluding hydrogens is 294 g/mol. The molecule has 1 fully saturated rings. The summed E-state index contributed by atoms with van der Waals surface area (Å²) in [5.41, 5.74) is 3.70. The van der Waals surface area contributed by atoms with Crippen molar-refractivity contribution in [3.8, 4) is 11.8 Å². The molecule has 0 saturated carbocycles. The Bertz CT molecular complexity index is 688. The molecule has 2 nitrogen and oxygen atoms in total. The fraction of sp³-hybridized carbons (Fsp3) is 0.364. The van der Waals surface area contributed by atoms with Crippen LogP contribution in [0.2, 0.25) is 0 Å². The van der Waals surface area contributed by atoms with Crippen LogP contribution in [0.5, 0.6) is 0 Å². The highest BCUT2D eigenvalue weighted by Crippen LogP contribution is 2.24. The number of morpholine rings is 1. The van der Waals surface area contributed by atoms with Crippen molar-refractivity contribution in [3.63, 3.8) is 0 Å².